The summed E-state index contributed by atoms with van der Waals surface area (Å²) < 4.78 is 0. The predicted octanol–water partition coefficient (Wildman–Crippen LogP) is 2.77. The molecule has 36 heavy (non-hydrogen) atoms. The minimum absolute atomic E-state index is 0.328. The normalized spacial score (nSPS) is 14.2. The zero-order chi connectivity index (χ0) is 25.7. The summed E-state index contributed by atoms with van der Waals surface area (Å²) in [5.41, 5.74) is 10.8. The number of carbonyl (C=O) groups excluding carboxylic acids is 2. The van der Waals surface area contributed by atoms with Crippen LogP contribution in [0, 0.1) is 0 Å². The Morgan fingerprint density at radius 2 is 1.92 bits per heavy atom. The minimum Gasteiger partial charge on any atom is -0.361 e. The Balaban J connectivity index is 1.46. The summed E-state index contributed by atoms with van der Waals surface area (Å²) in [7, 11) is 0. The Morgan fingerprint density at radius 1 is 1.14 bits per heavy atom. The van der Waals surface area contributed by atoms with E-state index in [4.69, 9.17) is 29.0 Å². The van der Waals surface area contributed by atoms with Crippen molar-refractivity contribution in [3.05, 3.63) is 82.6 Å². The average Bonchev–Trinajstić information content (AvgIpc) is 2.89. The van der Waals surface area contributed by atoms with Crippen LogP contribution in [-0.4, -0.2) is 41.1 Å². The Hall–Kier alpha value is -3.95. The van der Waals surface area contributed by atoms with Gasteiger partial charge in [-0.3, -0.25) is 19.6 Å². The molecule has 0 radical (unpaired) electrons. The van der Waals surface area contributed by atoms with E-state index in [1.807, 2.05) is 24.3 Å². The summed E-state index contributed by atoms with van der Waals surface area (Å²) in [6.07, 6.45) is 5.39. The summed E-state index contributed by atoms with van der Waals surface area (Å²) in [5, 5.41) is 5.39. The fourth-order valence-electron chi connectivity index (χ4n) is 4.52. The molecule has 2 amide bonds. The number of hydrogen-bond acceptors (Lipinski definition) is 6. The van der Waals surface area contributed by atoms with Crippen molar-refractivity contribution in [3.63, 3.8) is 0 Å². The molecule has 1 aliphatic rings. The summed E-state index contributed by atoms with van der Waals surface area (Å²) in [6, 6.07) is 17.8. The van der Waals surface area contributed by atoms with Crippen LogP contribution in [0.3, 0.4) is 0 Å². The Bertz CT molecular complexity index is 1270. The molecule has 2 aromatic carbocycles. The number of primary amides is 1. The van der Waals surface area contributed by atoms with Gasteiger partial charge in [0.05, 0.1) is 5.69 Å². The zero-order valence-corrected chi connectivity index (χ0v) is 20.4. The summed E-state index contributed by atoms with van der Waals surface area (Å²) in [4.78, 5) is 29.2. The van der Waals surface area contributed by atoms with Crippen molar-refractivity contribution in [1.82, 2.24) is 9.88 Å². The zero-order valence-electron chi connectivity index (χ0n) is 19.7. The molecule has 186 valence electrons. The maximum absolute atomic E-state index is 11.8. The van der Waals surface area contributed by atoms with E-state index >= 15 is 0 Å². The van der Waals surface area contributed by atoms with Gasteiger partial charge in [0.15, 0.2) is 0 Å². The largest absolute Gasteiger partial charge is 0.361 e. The van der Waals surface area contributed by atoms with Crippen LogP contribution < -0.4 is 22.4 Å². The minimum atomic E-state index is -0.898. The van der Waals surface area contributed by atoms with Gasteiger partial charge in [-0.25, -0.2) is 5.84 Å². The van der Waals surface area contributed by atoms with Gasteiger partial charge >= 0.3 is 11.8 Å². The molecule has 1 aromatic heterocycles. The van der Waals surface area contributed by atoms with E-state index in [1.54, 1.807) is 18.3 Å². The van der Waals surface area contributed by atoms with E-state index in [9.17, 15) is 9.59 Å². The Kier molecular flexibility index (Phi) is 7.82. The third kappa shape index (κ3) is 5.81. The molecule has 9 nitrogen and oxygen atoms in total. The summed E-state index contributed by atoms with van der Waals surface area (Å²) in [6.45, 7) is 1.06. The molecule has 0 aliphatic carbocycles. The second kappa shape index (κ2) is 11.2. The predicted molar refractivity (Wildman–Crippen MR) is 141 cm³/mol. The van der Waals surface area contributed by atoms with Crippen molar-refractivity contribution < 1.29 is 9.59 Å². The molecule has 6 N–H and O–H groups in total. The molecular weight excluding hydrogens is 478 g/mol. The molecule has 1 fully saturated rings. The molecule has 3 aromatic rings. The van der Waals surface area contributed by atoms with Gasteiger partial charge in [-0.15, -0.1) is 0 Å². The number of amides is 2. The maximum atomic E-state index is 11.8. The van der Waals surface area contributed by atoms with Gasteiger partial charge in [-0.2, -0.15) is 5.10 Å². The number of nitrogens with two attached hydrogens (primary N) is 3. The van der Waals surface area contributed by atoms with Gasteiger partial charge in [0.1, 0.15) is 6.34 Å². The van der Waals surface area contributed by atoms with Crippen LogP contribution in [-0.2, 0) is 16.0 Å². The number of anilines is 1. The summed E-state index contributed by atoms with van der Waals surface area (Å²) >= 11 is 6.23. The number of nitrogens with zero attached hydrogens (tertiary/aromatic N) is 4. The number of likely N-dealkylation sites (tertiary alicyclic amines) is 1. The van der Waals surface area contributed by atoms with E-state index in [0.717, 1.165) is 35.2 Å². The van der Waals surface area contributed by atoms with Gasteiger partial charge in [-0.1, -0.05) is 41.9 Å². The lowest BCUT2D eigenvalue weighted by molar-refractivity contribution is -0.144. The first-order valence-corrected chi connectivity index (χ1v) is 11.9. The van der Waals surface area contributed by atoms with E-state index in [2.05, 4.69) is 28.3 Å². The van der Waals surface area contributed by atoms with Crippen molar-refractivity contribution in [3.8, 4) is 11.1 Å². The number of pyridine rings is 1. The van der Waals surface area contributed by atoms with Crippen molar-refractivity contribution in [2.45, 2.75) is 25.2 Å². The van der Waals surface area contributed by atoms with Crippen molar-refractivity contribution in [1.29, 1.82) is 0 Å². The van der Waals surface area contributed by atoms with E-state index in [0.29, 0.717) is 36.1 Å². The molecule has 0 spiro atoms. The van der Waals surface area contributed by atoms with E-state index in [1.165, 1.54) is 21.8 Å². The highest BCUT2D eigenvalue weighted by molar-refractivity contribution is 6.34. The second-order valence-electron chi connectivity index (χ2n) is 8.72. The molecule has 2 heterocycles. The average molecular weight is 506 g/mol. The molecule has 0 unspecified atom stereocenters. The van der Waals surface area contributed by atoms with Gasteiger partial charge < -0.3 is 16.5 Å². The van der Waals surface area contributed by atoms with Crippen LogP contribution in [0.15, 0.2) is 65.9 Å². The lowest BCUT2D eigenvalue weighted by Crippen LogP contribution is -2.44. The number of halogens is 1. The Labute approximate surface area is 214 Å². The number of benzene rings is 2. The molecule has 1 saturated heterocycles. The SMILES string of the molecule is N/N=C\N(N)c1ccc(Cl)cc1-c1ccc(Cc2cccc(C3CCN(C(=O)C(N)=O)CC3)c2)nc1. The van der Waals surface area contributed by atoms with Gasteiger partial charge in [0.2, 0.25) is 0 Å². The first-order chi connectivity index (χ1) is 17.4. The third-order valence-electron chi connectivity index (χ3n) is 6.36. The highest BCUT2D eigenvalue weighted by Crippen LogP contribution is 2.32. The van der Waals surface area contributed by atoms with Crippen molar-refractivity contribution in [2.75, 3.05) is 18.1 Å². The summed E-state index contributed by atoms with van der Waals surface area (Å²) in [5.74, 6) is 10.1. The fraction of sp³-hybridized carbons (Fsp3) is 0.231. The van der Waals surface area contributed by atoms with Crippen molar-refractivity contribution in [2.24, 2.45) is 22.5 Å². The molecule has 0 atom stereocenters. The van der Waals surface area contributed by atoms with Gasteiger partial charge in [0.25, 0.3) is 0 Å². The fourth-order valence-corrected chi connectivity index (χ4v) is 4.70. The number of rotatable bonds is 6. The molecule has 0 saturated carbocycles. The van der Waals surface area contributed by atoms with Gasteiger partial charge in [0, 0.05) is 47.6 Å². The van der Waals surface area contributed by atoms with Crippen LogP contribution in [0.2, 0.25) is 5.02 Å². The molecule has 4 rings (SSSR count). The lowest BCUT2D eigenvalue weighted by Gasteiger charge is -2.31. The number of hydrogen-bond donors (Lipinski definition) is 3. The topological polar surface area (TPSA) is 144 Å². The molecule has 1 aliphatic heterocycles. The highest BCUT2D eigenvalue weighted by atomic mass is 35.5. The molecule has 0 bridgehead atoms. The number of piperidine rings is 1. The maximum Gasteiger partial charge on any atom is 0.311 e. The number of hydrazine groups is 1. The quantitative estimate of drug-likeness (QED) is 0.154. The highest BCUT2D eigenvalue weighted by Gasteiger charge is 2.26. The number of aromatic nitrogens is 1. The van der Waals surface area contributed by atoms with Crippen LogP contribution in [0.5, 0.6) is 0 Å². The van der Waals surface area contributed by atoms with Crippen LogP contribution in [0.25, 0.3) is 11.1 Å². The van der Waals surface area contributed by atoms with E-state index < -0.39 is 11.8 Å². The lowest BCUT2D eigenvalue weighted by atomic mass is 9.88. The third-order valence-corrected chi connectivity index (χ3v) is 6.60. The smallest absolute Gasteiger partial charge is 0.311 e. The van der Waals surface area contributed by atoms with Crippen LogP contribution in [0.1, 0.15) is 35.6 Å². The molecular formula is C26H28ClN7O2. The second-order valence-corrected chi connectivity index (χ2v) is 9.16. The standard InChI is InChI=1S/C26H28ClN7O2/c27-21-5-7-24(34(30)16-32-29)23(14-21)20-4-6-22(31-15-20)13-17-2-1-3-19(12-17)18-8-10-33(11-9-18)26(36)25(28)35/h1-7,12,14-16,18H,8-11,13,29-30H2,(H2,28,35)/b32-16-. The first-order valence-electron chi connectivity index (χ1n) is 11.6. The Morgan fingerprint density at radius 3 is 2.58 bits per heavy atom. The number of hydrazone groups is 1. The monoisotopic (exact) mass is 505 g/mol. The van der Waals surface area contributed by atoms with Crippen molar-refractivity contribution >= 4 is 35.4 Å². The van der Waals surface area contributed by atoms with Gasteiger partial charge in [-0.05, 0) is 54.2 Å². The van der Waals surface area contributed by atoms with E-state index in [-0.39, 0.29) is 0 Å². The number of carbonyl (C=O) groups is 2. The molecule has 10 heteroatoms. The van der Waals surface area contributed by atoms with Crippen LogP contribution >= 0.6 is 11.6 Å². The van der Waals surface area contributed by atoms with Crippen LogP contribution in [0.4, 0.5) is 5.69 Å². The first kappa shape index (κ1) is 25.2.